The molecule has 3 rings (SSSR count). The zero-order valence-electron chi connectivity index (χ0n) is 11.3. The van der Waals surface area contributed by atoms with Crippen molar-refractivity contribution in [2.75, 3.05) is 0 Å². The van der Waals surface area contributed by atoms with Gasteiger partial charge in [0, 0.05) is 17.1 Å². The summed E-state index contributed by atoms with van der Waals surface area (Å²) in [5, 5.41) is 2.97. The number of hydrogen-bond donors (Lipinski definition) is 1. The summed E-state index contributed by atoms with van der Waals surface area (Å²) in [6.07, 6.45) is 3.73. The van der Waals surface area contributed by atoms with Crippen molar-refractivity contribution >= 4 is 39.9 Å². The van der Waals surface area contributed by atoms with Crippen LogP contribution in [0.5, 0.6) is 0 Å². The number of carbonyl (C=O) groups excluding carboxylic acids is 2. The molecular weight excluding hydrogens is 284 g/mol. The molecule has 0 atom stereocenters. The molecule has 1 aliphatic rings. The number of fused-ring (bicyclic) bond motifs is 1. The summed E-state index contributed by atoms with van der Waals surface area (Å²) in [4.78, 5) is 23.3. The second kappa shape index (κ2) is 5.51. The first-order chi connectivity index (χ1) is 10.2. The lowest BCUT2D eigenvalue weighted by Crippen LogP contribution is -2.17. The van der Waals surface area contributed by atoms with E-state index in [4.69, 9.17) is 0 Å². The molecule has 0 radical (unpaired) electrons. The van der Waals surface area contributed by atoms with Gasteiger partial charge in [-0.05, 0) is 42.5 Å². The number of amides is 2. The Morgan fingerprint density at radius 1 is 1.33 bits per heavy atom. The highest BCUT2D eigenvalue weighted by Crippen LogP contribution is 2.28. The number of carbonyl (C=O) groups is 2. The summed E-state index contributed by atoms with van der Waals surface area (Å²) in [5.74, 6) is 5.58. The van der Waals surface area contributed by atoms with Gasteiger partial charge in [-0.2, -0.15) is 0 Å². The van der Waals surface area contributed by atoms with Crippen LogP contribution in [0, 0.1) is 11.8 Å². The molecule has 0 spiro atoms. The van der Waals surface area contributed by atoms with Crippen molar-refractivity contribution in [2.45, 2.75) is 13.5 Å². The summed E-state index contributed by atoms with van der Waals surface area (Å²) in [5.41, 5.74) is 1.98. The molecule has 2 heterocycles. The molecule has 0 unspecified atom stereocenters. The summed E-state index contributed by atoms with van der Waals surface area (Å²) in [6.45, 7) is 2.45. The van der Waals surface area contributed by atoms with Crippen LogP contribution >= 0.6 is 11.8 Å². The Bertz CT molecular complexity index is 837. The maximum absolute atomic E-state index is 11.6. The van der Waals surface area contributed by atoms with Crippen molar-refractivity contribution in [2.24, 2.45) is 0 Å². The number of benzene rings is 1. The van der Waals surface area contributed by atoms with E-state index in [2.05, 4.69) is 21.7 Å². The number of nitrogens with one attached hydrogen (secondary N) is 1. The minimum Gasteiger partial charge on any atom is -0.336 e. The number of imide groups is 1. The highest BCUT2D eigenvalue weighted by atomic mass is 32.2. The van der Waals surface area contributed by atoms with Gasteiger partial charge in [-0.15, -0.1) is 5.92 Å². The number of thioether (sulfide) groups is 1. The molecule has 1 aliphatic heterocycles. The molecule has 2 aromatic rings. The van der Waals surface area contributed by atoms with E-state index in [0.29, 0.717) is 11.4 Å². The van der Waals surface area contributed by atoms with Gasteiger partial charge in [-0.25, -0.2) is 0 Å². The molecule has 2 amide bonds. The Kier molecular flexibility index (Phi) is 3.55. The fourth-order valence-corrected chi connectivity index (χ4v) is 2.91. The molecular formula is C16H12N2O2S. The van der Waals surface area contributed by atoms with Gasteiger partial charge in [0.1, 0.15) is 0 Å². The van der Waals surface area contributed by atoms with Gasteiger partial charge in [0.2, 0.25) is 0 Å². The first-order valence-electron chi connectivity index (χ1n) is 6.41. The van der Waals surface area contributed by atoms with Crippen LogP contribution in [0.4, 0.5) is 4.79 Å². The molecule has 5 heteroatoms. The van der Waals surface area contributed by atoms with Crippen molar-refractivity contribution in [1.29, 1.82) is 0 Å². The van der Waals surface area contributed by atoms with Crippen LogP contribution in [0.3, 0.4) is 0 Å². The number of hydrogen-bond acceptors (Lipinski definition) is 3. The average Bonchev–Trinajstić information content (AvgIpc) is 3.01. The van der Waals surface area contributed by atoms with E-state index >= 15 is 0 Å². The topological polar surface area (TPSA) is 51.1 Å². The Morgan fingerprint density at radius 2 is 2.19 bits per heavy atom. The van der Waals surface area contributed by atoms with Crippen LogP contribution < -0.4 is 5.32 Å². The third-order valence-electron chi connectivity index (χ3n) is 3.20. The first-order valence-corrected chi connectivity index (χ1v) is 7.23. The van der Waals surface area contributed by atoms with Crippen LogP contribution in [0.15, 0.2) is 35.4 Å². The molecule has 21 heavy (non-hydrogen) atoms. The largest absolute Gasteiger partial charge is 0.336 e. The van der Waals surface area contributed by atoms with Gasteiger partial charge in [0.05, 0.1) is 11.4 Å². The van der Waals surface area contributed by atoms with E-state index in [1.807, 2.05) is 37.4 Å². The summed E-state index contributed by atoms with van der Waals surface area (Å²) in [6, 6.07) is 7.88. The van der Waals surface area contributed by atoms with Gasteiger partial charge >= 0.3 is 0 Å². The van der Waals surface area contributed by atoms with E-state index in [1.165, 1.54) is 0 Å². The van der Waals surface area contributed by atoms with Crippen molar-refractivity contribution in [3.8, 4) is 11.8 Å². The fraction of sp³-hybridized carbons (Fsp3) is 0.125. The standard InChI is InChI=1S/C16H12N2O2S/c1-2-3-8-18-9-7-12-11(5-4-6-13(12)18)10-14-15(19)17-16(20)21-14/h4-7,9-10H,8H2,1H3,(H,17,19,20)/b14-10-. The van der Waals surface area contributed by atoms with Gasteiger partial charge in [0.25, 0.3) is 11.1 Å². The summed E-state index contributed by atoms with van der Waals surface area (Å²) < 4.78 is 2.06. The zero-order chi connectivity index (χ0) is 14.8. The Hall–Kier alpha value is -2.45. The number of rotatable bonds is 2. The number of nitrogens with zero attached hydrogens (tertiary/aromatic N) is 1. The van der Waals surface area contributed by atoms with Gasteiger partial charge in [-0.1, -0.05) is 18.1 Å². The lowest BCUT2D eigenvalue weighted by molar-refractivity contribution is -0.115. The lowest BCUT2D eigenvalue weighted by Gasteiger charge is -2.02. The summed E-state index contributed by atoms with van der Waals surface area (Å²) >= 11 is 0.930. The molecule has 1 fully saturated rings. The van der Waals surface area contributed by atoms with Gasteiger partial charge in [-0.3, -0.25) is 14.9 Å². The van der Waals surface area contributed by atoms with Gasteiger partial charge in [0.15, 0.2) is 0 Å². The Morgan fingerprint density at radius 3 is 2.90 bits per heavy atom. The molecule has 1 N–H and O–H groups in total. The molecule has 104 valence electrons. The average molecular weight is 296 g/mol. The van der Waals surface area contributed by atoms with Crippen LogP contribution in [-0.2, 0) is 11.3 Å². The third kappa shape index (κ3) is 2.58. The predicted molar refractivity (Wildman–Crippen MR) is 84.5 cm³/mol. The van der Waals surface area contributed by atoms with Crippen molar-refractivity contribution in [3.05, 3.63) is 40.9 Å². The molecule has 4 nitrogen and oxygen atoms in total. The van der Waals surface area contributed by atoms with Crippen molar-refractivity contribution < 1.29 is 9.59 Å². The monoisotopic (exact) mass is 296 g/mol. The molecule has 1 aromatic carbocycles. The minimum absolute atomic E-state index is 0.325. The second-order valence-corrected chi connectivity index (χ2v) is 5.52. The second-order valence-electron chi connectivity index (χ2n) is 4.50. The van der Waals surface area contributed by atoms with Crippen molar-refractivity contribution in [1.82, 2.24) is 9.88 Å². The van der Waals surface area contributed by atoms with Crippen LogP contribution in [0.2, 0.25) is 0 Å². The summed E-state index contributed by atoms with van der Waals surface area (Å²) in [7, 11) is 0. The van der Waals surface area contributed by atoms with E-state index in [9.17, 15) is 9.59 Å². The predicted octanol–water partition coefficient (Wildman–Crippen LogP) is 2.99. The highest BCUT2D eigenvalue weighted by Gasteiger charge is 2.25. The lowest BCUT2D eigenvalue weighted by atomic mass is 10.1. The normalized spacial score (nSPS) is 16.1. The quantitative estimate of drug-likeness (QED) is 0.684. The molecule has 0 bridgehead atoms. The highest BCUT2D eigenvalue weighted by molar-refractivity contribution is 8.18. The van der Waals surface area contributed by atoms with E-state index in [-0.39, 0.29) is 11.1 Å². The molecule has 1 saturated heterocycles. The smallest absolute Gasteiger partial charge is 0.290 e. The van der Waals surface area contributed by atoms with E-state index in [0.717, 1.165) is 28.2 Å². The van der Waals surface area contributed by atoms with E-state index < -0.39 is 0 Å². The third-order valence-corrected chi connectivity index (χ3v) is 4.01. The molecule has 0 aliphatic carbocycles. The Balaban J connectivity index is 2.05. The van der Waals surface area contributed by atoms with Crippen LogP contribution in [-0.4, -0.2) is 15.7 Å². The van der Waals surface area contributed by atoms with Crippen LogP contribution in [0.25, 0.3) is 17.0 Å². The van der Waals surface area contributed by atoms with E-state index in [1.54, 1.807) is 6.08 Å². The SMILES string of the molecule is CC#CCn1ccc2c(/C=C3\SC(=O)NC3=O)cccc21. The minimum atomic E-state index is -0.335. The van der Waals surface area contributed by atoms with Gasteiger partial charge < -0.3 is 4.57 Å². The van der Waals surface area contributed by atoms with Crippen LogP contribution in [0.1, 0.15) is 12.5 Å². The molecule has 1 aromatic heterocycles. The Labute approximate surface area is 126 Å². The maximum Gasteiger partial charge on any atom is 0.290 e. The molecule has 0 saturated carbocycles. The number of aromatic nitrogens is 1. The first kappa shape index (κ1) is 13.5. The van der Waals surface area contributed by atoms with Crippen molar-refractivity contribution in [3.63, 3.8) is 0 Å². The maximum atomic E-state index is 11.6. The fourth-order valence-electron chi connectivity index (χ4n) is 2.24. The zero-order valence-corrected chi connectivity index (χ0v) is 12.2.